The SMILES string of the molecule is CNC(Cc1ccc(Br)cc1Cl)C(C)(C)N1CCCCC1. The monoisotopic (exact) mass is 372 g/mol. The zero-order chi connectivity index (χ0) is 15.5. The van der Waals surface area contributed by atoms with Crippen LogP contribution in [0.5, 0.6) is 0 Å². The first-order valence-electron chi connectivity index (χ1n) is 7.81. The molecule has 0 spiro atoms. The minimum atomic E-state index is 0.131. The molecule has 1 aromatic rings. The number of nitrogens with one attached hydrogen (secondary N) is 1. The Morgan fingerprint density at radius 1 is 1.29 bits per heavy atom. The fraction of sp³-hybridized carbons (Fsp3) is 0.647. The molecule has 0 amide bonds. The molecule has 1 saturated heterocycles. The highest BCUT2D eigenvalue weighted by Crippen LogP contribution is 2.28. The molecule has 2 rings (SSSR count). The van der Waals surface area contributed by atoms with Gasteiger partial charge in [-0.2, -0.15) is 0 Å². The fourth-order valence-electron chi connectivity index (χ4n) is 3.30. The second-order valence-electron chi connectivity index (χ2n) is 6.48. The maximum atomic E-state index is 6.40. The fourth-order valence-corrected chi connectivity index (χ4v) is 4.05. The van der Waals surface area contributed by atoms with Gasteiger partial charge in [0, 0.05) is 21.1 Å². The van der Waals surface area contributed by atoms with E-state index in [1.807, 2.05) is 6.07 Å². The molecule has 0 aliphatic carbocycles. The molecule has 0 aromatic heterocycles. The number of piperidine rings is 1. The van der Waals surface area contributed by atoms with Crippen molar-refractivity contribution in [2.24, 2.45) is 0 Å². The van der Waals surface area contributed by atoms with E-state index in [0.717, 1.165) is 15.9 Å². The van der Waals surface area contributed by atoms with Gasteiger partial charge in [-0.1, -0.05) is 40.0 Å². The van der Waals surface area contributed by atoms with E-state index in [4.69, 9.17) is 11.6 Å². The molecular weight excluding hydrogens is 348 g/mol. The van der Waals surface area contributed by atoms with Gasteiger partial charge in [0.2, 0.25) is 0 Å². The van der Waals surface area contributed by atoms with Crippen molar-refractivity contribution in [1.29, 1.82) is 0 Å². The summed E-state index contributed by atoms with van der Waals surface area (Å²) in [6, 6.07) is 6.57. The molecule has 1 aliphatic heterocycles. The van der Waals surface area contributed by atoms with E-state index in [0.29, 0.717) is 6.04 Å². The highest BCUT2D eigenvalue weighted by Gasteiger charge is 2.35. The van der Waals surface area contributed by atoms with Gasteiger partial charge in [0.1, 0.15) is 0 Å². The quantitative estimate of drug-likeness (QED) is 0.817. The number of benzene rings is 1. The van der Waals surface area contributed by atoms with Crippen molar-refractivity contribution < 1.29 is 0 Å². The number of nitrogens with zero attached hydrogens (tertiary/aromatic N) is 1. The predicted octanol–water partition coefficient (Wildman–Crippen LogP) is 4.50. The van der Waals surface area contributed by atoms with Crippen LogP contribution in [0.25, 0.3) is 0 Å². The van der Waals surface area contributed by atoms with Crippen molar-refractivity contribution in [3.8, 4) is 0 Å². The van der Waals surface area contributed by atoms with Crippen LogP contribution < -0.4 is 5.32 Å². The van der Waals surface area contributed by atoms with E-state index >= 15 is 0 Å². The van der Waals surface area contributed by atoms with Crippen LogP contribution in [0.15, 0.2) is 22.7 Å². The van der Waals surface area contributed by atoms with Gasteiger partial charge in [-0.25, -0.2) is 0 Å². The zero-order valence-electron chi connectivity index (χ0n) is 13.3. The second-order valence-corrected chi connectivity index (χ2v) is 7.81. The van der Waals surface area contributed by atoms with Gasteiger partial charge in [0.25, 0.3) is 0 Å². The molecule has 21 heavy (non-hydrogen) atoms. The summed E-state index contributed by atoms with van der Waals surface area (Å²) >= 11 is 9.87. The van der Waals surface area contributed by atoms with Crippen LogP contribution in [0.1, 0.15) is 38.7 Å². The lowest BCUT2D eigenvalue weighted by atomic mass is 9.86. The summed E-state index contributed by atoms with van der Waals surface area (Å²) in [5.74, 6) is 0. The minimum absolute atomic E-state index is 0.131. The van der Waals surface area contributed by atoms with Gasteiger partial charge in [0.15, 0.2) is 0 Å². The van der Waals surface area contributed by atoms with E-state index in [-0.39, 0.29) is 5.54 Å². The summed E-state index contributed by atoms with van der Waals surface area (Å²) in [6.45, 7) is 7.12. The van der Waals surface area contributed by atoms with E-state index in [1.165, 1.54) is 37.9 Å². The maximum Gasteiger partial charge on any atom is 0.0449 e. The highest BCUT2D eigenvalue weighted by molar-refractivity contribution is 9.10. The third-order valence-electron chi connectivity index (χ3n) is 4.81. The Hall–Kier alpha value is -0.0900. The smallest absolute Gasteiger partial charge is 0.0449 e. The molecule has 1 aliphatic rings. The van der Waals surface area contributed by atoms with E-state index in [2.05, 4.69) is 59.2 Å². The summed E-state index contributed by atoms with van der Waals surface area (Å²) in [6.07, 6.45) is 4.96. The molecule has 1 N–H and O–H groups in total. The predicted molar refractivity (Wildman–Crippen MR) is 95.2 cm³/mol. The van der Waals surface area contributed by atoms with E-state index in [9.17, 15) is 0 Å². The largest absolute Gasteiger partial charge is 0.315 e. The van der Waals surface area contributed by atoms with Gasteiger partial charge < -0.3 is 5.32 Å². The molecular formula is C17H26BrClN2. The second kappa shape index (κ2) is 7.45. The Morgan fingerprint density at radius 3 is 2.52 bits per heavy atom. The van der Waals surface area contributed by atoms with Crippen LogP contribution >= 0.6 is 27.5 Å². The van der Waals surface area contributed by atoms with Gasteiger partial charge in [-0.05, 0) is 70.9 Å². The average molecular weight is 374 g/mol. The topological polar surface area (TPSA) is 15.3 Å². The van der Waals surface area contributed by atoms with Crippen molar-refractivity contribution in [2.75, 3.05) is 20.1 Å². The van der Waals surface area contributed by atoms with Crippen molar-refractivity contribution in [1.82, 2.24) is 10.2 Å². The van der Waals surface area contributed by atoms with Gasteiger partial charge in [-0.3, -0.25) is 4.90 Å². The normalized spacial score (nSPS) is 18.7. The van der Waals surface area contributed by atoms with Crippen molar-refractivity contribution in [3.05, 3.63) is 33.3 Å². The van der Waals surface area contributed by atoms with Gasteiger partial charge >= 0.3 is 0 Å². The van der Waals surface area contributed by atoms with Crippen LogP contribution in [0.3, 0.4) is 0 Å². The van der Waals surface area contributed by atoms with Crippen LogP contribution in [-0.4, -0.2) is 36.6 Å². The lowest BCUT2D eigenvalue weighted by Gasteiger charge is -2.46. The summed E-state index contributed by atoms with van der Waals surface area (Å²) in [7, 11) is 2.06. The Balaban J connectivity index is 2.14. The lowest BCUT2D eigenvalue weighted by molar-refractivity contribution is 0.0635. The van der Waals surface area contributed by atoms with Crippen LogP contribution in [-0.2, 0) is 6.42 Å². The first kappa shape index (κ1) is 17.3. The van der Waals surface area contributed by atoms with Crippen LogP contribution in [0.4, 0.5) is 0 Å². The van der Waals surface area contributed by atoms with Crippen molar-refractivity contribution in [3.63, 3.8) is 0 Å². The summed E-state index contributed by atoms with van der Waals surface area (Å²) in [5.41, 5.74) is 1.34. The van der Waals surface area contributed by atoms with Crippen LogP contribution in [0.2, 0.25) is 5.02 Å². The Labute approximate surface area is 142 Å². The number of hydrogen-bond donors (Lipinski definition) is 1. The molecule has 1 atom stereocenters. The zero-order valence-corrected chi connectivity index (χ0v) is 15.6. The molecule has 1 fully saturated rings. The third kappa shape index (κ3) is 4.22. The van der Waals surface area contributed by atoms with Gasteiger partial charge in [0.05, 0.1) is 0 Å². The first-order chi connectivity index (χ1) is 9.95. The van der Waals surface area contributed by atoms with E-state index < -0.39 is 0 Å². The molecule has 2 nitrogen and oxygen atoms in total. The van der Waals surface area contributed by atoms with Crippen LogP contribution in [0, 0.1) is 0 Å². The third-order valence-corrected chi connectivity index (χ3v) is 5.66. The standard InChI is InChI=1S/C17H26BrClN2/c1-17(2,21-9-5-4-6-10-21)16(20-3)11-13-7-8-14(18)12-15(13)19/h7-8,12,16,20H,4-6,9-11H2,1-3H3. The molecule has 0 bridgehead atoms. The summed E-state index contributed by atoms with van der Waals surface area (Å²) in [5, 5.41) is 4.36. The number of halogens is 2. The molecule has 118 valence electrons. The van der Waals surface area contributed by atoms with E-state index in [1.54, 1.807) is 0 Å². The molecule has 1 heterocycles. The van der Waals surface area contributed by atoms with Crippen molar-refractivity contribution in [2.45, 2.75) is 51.1 Å². The average Bonchev–Trinajstić information content (AvgIpc) is 2.47. The molecule has 0 radical (unpaired) electrons. The molecule has 0 saturated carbocycles. The Morgan fingerprint density at radius 2 is 1.95 bits per heavy atom. The van der Waals surface area contributed by atoms with Crippen molar-refractivity contribution >= 4 is 27.5 Å². The number of rotatable bonds is 5. The summed E-state index contributed by atoms with van der Waals surface area (Å²) < 4.78 is 1.03. The molecule has 1 unspecified atom stereocenters. The minimum Gasteiger partial charge on any atom is -0.315 e. The Bertz CT molecular complexity index is 470. The lowest BCUT2D eigenvalue weighted by Crippen LogP contribution is -2.59. The number of likely N-dealkylation sites (tertiary alicyclic amines) is 1. The molecule has 1 aromatic carbocycles. The maximum absolute atomic E-state index is 6.40. The van der Waals surface area contributed by atoms with Gasteiger partial charge in [-0.15, -0.1) is 0 Å². The Kier molecular flexibility index (Phi) is 6.13. The molecule has 4 heteroatoms. The number of hydrogen-bond acceptors (Lipinski definition) is 2. The highest BCUT2D eigenvalue weighted by atomic mass is 79.9. The first-order valence-corrected chi connectivity index (χ1v) is 8.98. The summed E-state index contributed by atoms with van der Waals surface area (Å²) in [4.78, 5) is 2.63. The number of likely N-dealkylation sites (N-methyl/N-ethyl adjacent to an activating group) is 1.